The normalized spacial score (nSPS) is 17.3. The van der Waals surface area contributed by atoms with Gasteiger partial charge in [0.05, 0.1) is 8.07 Å². The average molecular weight is 321 g/mol. The Kier molecular flexibility index (Phi) is 6.77. The minimum atomic E-state index is -1.51. The van der Waals surface area contributed by atoms with Gasteiger partial charge in [0.25, 0.3) is 0 Å². The Bertz CT molecular complexity index is 563. The first kappa shape index (κ1) is 19.8. The Morgan fingerprint density at radius 3 is 2.14 bits per heavy atom. The molecular weight excluding hydrogens is 291 g/mol. The van der Waals surface area contributed by atoms with Crippen molar-refractivity contribution in [2.24, 2.45) is 0 Å². The molecule has 22 heavy (non-hydrogen) atoms. The Balaban J connectivity index is 0.00000242. The third kappa shape index (κ3) is 4.17. The van der Waals surface area contributed by atoms with Gasteiger partial charge in [0.1, 0.15) is 0 Å². The number of allylic oxidation sites excluding steroid dienone is 2. The fourth-order valence-corrected chi connectivity index (χ4v) is 14.7. The van der Waals surface area contributed by atoms with Crippen LogP contribution < -0.4 is 18.9 Å². The van der Waals surface area contributed by atoms with Crippen molar-refractivity contribution in [3.63, 3.8) is 0 Å². The Hall–Kier alpha value is -0.269. The van der Waals surface area contributed by atoms with E-state index < -0.39 is 16.1 Å². The van der Waals surface area contributed by atoms with Gasteiger partial charge in [-0.05, 0) is 0 Å². The van der Waals surface area contributed by atoms with Crippen molar-refractivity contribution in [3.8, 4) is 0 Å². The molecule has 0 aliphatic carbocycles. The molecule has 0 amide bonds. The van der Waals surface area contributed by atoms with Gasteiger partial charge in [-0.2, -0.15) is 11.1 Å². The van der Waals surface area contributed by atoms with E-state index >= 15 is 0 Å². The van der Waals surface area contributed by atoms with Crippen LogP contribution in [0, 0.1) is 5.70 Å². The van der Waals surface area contributed by atoms with E-state index in [1.807, 2.05) is 4.82 Å². The number of hydrogen-bond acceptors (Lipinski definition) is 0. The Labute approximate surface area is 151 Å². The standard InChI is InChI=1S/C19H29Si2.Li/c1-7-8-14-17-18(16-12-10-9-11-13-16)15-21(5,6)19(17)20(2,3)4;/h9-13H,7-8,14H2,1-6H3;/q-1;+1. The molecule has 1 aromatic carbocycles. The van der Waals surface area contributed by atoms with Gasteiger partial charge in [0, 0.05) is 8.07 Å². The third-order valence-electron chi connectivity index (χ3n) is 4.26. The van der Waals surface area contributed by atoms with Crippen molar-refractivity contribution < 1.29 is 18.9 Å². The molecule has 0 saturated carbocycles. The van der Waals surface area contributed by atoms with Crippen molar-refractivity contribution >= 4 is 21.7 Å². The molecule has 1 aromatic rings. The minimum Gasteiger partial charge on any atom is -0.202 e. The van der Waals surface area contributed by atoms with Crippen molar-refractivity contribution in [2.45, 2.75) is 58.9 Å². The molecule has 0 bridgehead atoms. The molecular formula is C19H29LiSi2. The molecule has 2 rings (SSSR count). The van der Waals surface area contributed by atoms with Crippen LogP contribution in [0.15, 0.2) is 40.7 Å². The zero-order chi connectivity index (χ0) is 15.7. The molecule has 3 heteroatoms. The van der Waals surface area contributed by atoms with E-state index in [4.69, 9.17) is 0 Å². The summed E-state index contributed by atoms with van der Waals surface area (Å²) in [7, 11) is -2.80. The zero-order valence-electron chi connectivity index (χ0n) is 15.5. The molecule has 0 spiro atoms. The number of hydrogen-bond donors (Lipinski definition) is 0. The van der Waals surface area contributed by atoms with Crippen molar-refractivity contribution in [2.75, 3.05) is 0 Å². The first-order valence-electron chi connectivity index (χ1n) is 8.22. The zero-order valence-corrected chi connectivity index (χ0v) is 17.5. The molecule has 0 fully saturated rings. The van der Waals surface area contributed by atoms with Gasteiger partial charge < -0.3 is 0 Å². The SMILES string of the molecule is CCCCC1=C([Si](C)(C)C)[Si](C)(C)[C-]=C1c1ccccc1.[Li+]. The van der Waals surface area contributed by atoms with E-state index in [1.165, 1.54) is 30.4 Å². The molecule has 0 N–H and O–H groups in total. The summed E-state index contributed by atoms with van der Waals surface area (Å²) in [6.45, 7) is 14.8. The van der Waals surface area contributed by atoms with Gasteiger partial charge in [-0.3, -0.25) is 0 Å². The van der Waals surface area contributed by atoms with Gasteiger partial charge in [-0.1, -0.05) is 77.1 Å². The monoisotopic (exact) mass is 320 g/mol. The summed E-state index contributed by atoms with van der Waals surface area (Å²) >= 11 is 0. The molecule has 1 aliphatic rings. The van der Waals surface area contributed by atoms with E-state index in [0.29, 0.717) is 0 Å². The number of unbranched alkanes of at least 4 members (excludes halogenated alkanes) is 1. The van der Waals surface area contributed by atoms with Crippen LogP contribution in [-0.2, 0) is 0 Å². The van der Waals surface area contributed by atoms with Crippen LogP contribution in [0.3, 0.4) is 0 Å². The molecule has 0 nitrogen and oxygen atoms in total. The van der Waals surface area contributed by atoms with E-state index in [2.05, 4.69) is 75.7 Å². The van der Waals surface area contributed by atoms with E-state index in [0.717, 1.165) is 0 Å². The first-order chi connectivity index (χ1) is 9.77. The van der Waals surface area contributed by atoms with Crippen molar-refractivity contribution in [3.05, 3.63) is 52.0 Å². The second-order valence-electron chi connectivity index (χ2n) is 7.70. The largest absolute Gasteiger partial charge is 1.00 e. The summed E-state index contributed by atoms with van der Waals surface area (Å²) in [5, 5.41) is 0. The quantitative estimate of drug-likeness (QED) is 0.578. The van der Waals surface area contributed by atoms with Crippen LogP contribution in [0.4, 0.5) is 0 Å². The van der Waals surface area contributed by atoms with Gasteiger partial charge in [-0.15, -0.1) is 22.5 Å². The van der Waals surface area contributed by atoms with Gasteiger partial charge in [0.15, 0.2) is 0 Å². The smallest absolute Gasteiger partial charge is 0.202 e. The Morgan fingerprint density at radius 1 is 1.05 bits per heavy atom. The summed E-state index contributed by atoms with van der Waals surface area (Å²) < 4.78 is 0. The number of benzene rings is 1. The first-order valence-corrected chi connectivity index (χ1v) is 14.7. The maximum absolute atomic E-state index is 3.98. The fourth-order valence-electron chi connectivity index (χ4n) is 3.80. The van der Waals surface area contributed by atoms with Crippen LogP contribution in [0.25, 0.3) is 5.57 Å². The van der Waals surface area contributed by atoms with Gasteiger partial charge in [0.2, 0.25) is 0 Å². The van der Waals surface area contributed by atoms with E-state index in [9.17, 15) is 0 Å². The molecule has 1 aliphatic heterocycles. The molecule has 1 heterocycles. The summed E-state index contributed by atoms with van der Waals surface area (Å²) in [4.78, 5) is 1.85. The maximum Gasteiger partial charge on any atom is 1.00 e. The van der Waals surface area contributed by atoms with Crippen molar-refractivity contribution in [1.29, 1.82) is 0 Å². The van der Waals surface area contributed by atoms with Crippen LogP contribution >= 0.6 is 0 Å². The van der Waals surface area contributed by atoms with E-state index in [-0.39, 0.29) is 18.9 Å². The summed E-state index contributed by atoms with van der Waals surface area (Å²) in [5.41, 5.74) is 8.46. The van der Waals surface area contributed by atoms with Crippen LogP contribution in [0.2, 0.25) is 32.7 Å². The average Bonchev–Trinajstić information content (AvgIpc) is 2.68. The molecule has 0 atom stereocenters. The molecule has 0 unspecified atom stereocenters. The summed E-state index contributed by atoms with van der Waals surface area (Å²) in [5.74, 6) is 0. The second kappa shape index (κ2) is 7.53. The van der Waals surface area contributed by atoms with Gasteiger partial charge >= 0.3 is 18.9 Å². The number of rotatable bonds is 5. The van der Waals surface area contributed by atoms with Crippen LogP contribution in [0.5, 0.6) is 0 Å². The van der Waals surface area contributed by atoms with Crippen LogP contribution in [0.1, 0.15) is 31.7 Å². The minimum absolute atomic E-state index is 0. The summed E-state index contributed by atoms with van der Waals surface area (Å²) in [6.07, 6.45) is 3.81. The molecule has 0 aromatic heterocycles. The van der Waals surface area contributed by atoms with E-state index in [1.54, 1.807) is 5.57 Å². The summed E-state index contributed by atoms with van der Waals surface area (Å²) in [6, 6.07) is 10.9. The molecule has 0 radical (unpaired) electrons. The predicted molar refractivity (Wildman–Crippen MR) is 100 cm³/mol. The van der Waals surface area contributed by atoms with Crippen LogP contribution in [-0.4, -0.2) is 16.1 Å². The second-order valence-corrected chi connectivity index (χ2v) is 17.2. The maximum atomic E-state index is 3.98. The third-order valence-corrected chi connectivity index (χ3v) is 12.6. The molecule has 0 saturated heterocycles. The fraction of sp³-hybridized carbons (Fsp3) is 0.474. The van der Waals surface area contributed by atoms with Crippen molar-refractivity contribution in [1.82, 2.24) is 0 Å². The Morgan fingerprint density at radius 2 is 1.64 bits per heavy atom. The predicted octanol–water partition coefficient (Wildman–Crippen LogP) is 3.04. The van der Waals surface area contributed by atoms with Gasteiger partial charge in [-0.25, -0.2) is 5.70 Å². The molecule has 114 valence electrons. The topological polar surface area (TPSA) is 0 Å².